The number of hydrogen-bond acceptors (Lipinski definition) is 2. The van der Waals surface area contributed by atoms with E-state index in [0.29, 0.717) is 10.3 Å². The van der Waals surface area contributed by atoms with Gasteiger partial charge in [0.1, 0.15) is 10.3 Å². The van der Waals surface area contributed by atoms with Crippen LogP contribution >= 0.6 is 15.9 Å². The Labute approximate surface area is 118 Å². The van der Waals surface area contributed by atoms with Crippen molar-refractivity contribution < 1.29 is 4.79 Å². The van der Waals surface area contributed by atoms with Crippen molar-refractivity contribution in [2.24, 2.45) is 0 Å². The van der Waals surface area contributed by atoms with E-state index in [1.54, 1.807) is 6.07 Å². The zero-order valence-electron chi connectivity index (χ0n) is 11.1. The molecule has 18 heavy (non-hydrogen) atoms. The van der Waals surface area contributed by atoms with Gasteiger partial charge in [0, 0.05) is 6.04 Å². The SMILES string of the molecule is CCCCC(CCC)NC(=O)c1cccc(Br)n1. The first-order valence-electron chi connectivity index (χ1n) is 6.60. The summed E-state index contributed by atoms with van der Waals surface area (Å²) >= 11 is 3.28. The third kappa shape index (κ3) is 5.17. The third-order valence-corrected chi connectivity index (χ3v) is 3.27. The van der Waals surface area contributed by atoms with Crippen molar-refractivity contribution in [1.29, 1.82) is 0 Å². The topological polar surface area (TPSA) is 42.0 Å². The summed E-state index contributed by atoms with van der Waals surface area (Å²) in [6, 6.07) is 5.65. The van der Waals surface area contributed by atoms with Crippen LogP contribution in [0.2, 0.25) is 0 Å². The maximum absolute atomic E-state index is 12.1. The van der Waals surface area contributed by atoms with Crippen molar-refractivity contribution in [1.82, 2.24) is 10.3 Å². The van der Waals surface area contributed by atoms with Crippen molar-refractivity contribution in [2.75, 3.05) is 0 Å². The van der Waals surface area contributed by atoms with Gasteiger partial charge in [-0.05, 0) is 40.9 Å². The standard InChI is InChI=1S/C14H21BrN2O/c1-3-5-8-11(7-4-2)16-14(18)12-9-6-10-13(15)17-12/h6,9-11H,3-5,7-8H2,1-2H3,(H,16,18). The van der Waals surface area contributed by atoms with Crippen LogP contribution in [-0.4, -0.2) is 16.9 Å². The van der Waals surface area contributed by atoms with Gasteiger partial charge in [0.05, 0.1) is 0 Å². The minimum atomic E-state index is -0.0779. The lowest BCUT2D eigenvalue weighted by Gasteiger charge is -2.17. The van der Waals surface area contributed by atoms with Crippen molar-refractivity contribution >= 4 is 21.8 Å². The van der Waals surface area contributed by atoms with E-state index in [-0.39, 0.29) is 11.9 Å². The fourth-order valence-electron chi connectivity index (χ4n) is 1.88. The molecule has 0 saturated carbocycles. The second-order valence-electron chi connectivity index (χ2n) is 4.45. The normalized spacial score (nSPS) is 12.2. The van der Waals surface area contributed by atoms with Gasteiger partial charge < -0.3 is 5.32 Å². The van der Waals surface area contributed by atoms with Crippen molar-refractivity contribution in [3.05, 3.63) is 28.5 Å². The first-order chi connectivity index (χ1) is 8.67. The predicted octanol–water partition coefficient (Wildman–Crippen LogP) is 3.93. The number of nitrogens with one attached hydrogen (secondary N) is 1. The van der Waals surface area contributed by atoms with Crippen LogP contribution in [0.5, 0.6) is 0 Å². The average molecular weight is 313 g/mol. The van der Waals surface area contributed by atoms with Gasteiger partial charge in [0.2, 0.25) is 0 Å². The second kappa shape index (κ2) is 8.25. The molecule has 1 amide bonds. The number of rotatable bonds is 7. The summed E-state index contributed by atoms with van der Waals surface area (Å²) in [5, 5.41) is 3.07. The summed E-state index contributed by atoms with van der Waals surface area (Å²) in [6.07, 6.45) is 5.46. The molecule has 1 atom stereocenters. The minimum absolute atomic E-state index is 0.0779. The quantitative estimate of drug-likeness (QED) is 0.775. The molecule has 0 aromatic carbocycles. The molecule has 0 radical (unpaired) electrons. The Kier molecular flexibility index (Phi) is 6.94. The summed E-state index contributed by atoms with van der Waals surface area (Å²) in [6.45, 7) is 4.31. The highest BCUT2D eigenvalue weighted by Crippen LogP contribution is 2.10. The fourth-order valence-corrected chi connectivity index (χ4v) is 2.23. The molecule has 0 fully saturated rings. The van der Waals surface area contributed by atoms with E-state index in [1.807, 2.05) is 12.1 Å². The predicted molar refractivity (Wildman–Crippen MR) is 77.6 cm³/mol. The molecule has 0 aliphatic heterocycles. The summed E-state index contributed by atoms with van der Waals surface area (Å²) in [7, 11) is 0. The monoisotopic (exact) mass is 312 g/mol. The van der Waals surface area contributed by atoms with Crippen LogP contribution in [-0.2, 0) is 0 Å². The maximum Gasteiger partial charge on any atom is 0.270 e. The molecule has 0 saturated heterocycles. The first kappa shape index (κ1) is 15.2. The van der Waals surface area contributed by atoms with Crippen LogP contribution in [0.4, 0.5) is 0 Å². The molecule has 0 bridgehead atoms. The molecule has 4 heteroatoms. The zero-order valence-corrected chi connectivity index (χ0v) is 12.7. The van der Waals surface area contributed by atoms with Gasteiger partial charge >= 0.3 is 0 Å². The van der Waals surface area contributed by atoms with E-state index >= 15 is 0 Å². The summed E-state index contributed by atoms with van der Waals surface area (Å²) in [4.78, 5) is 16.2. The Bertz CT molecular complexity index is 382. The molecule has 1 unspecified atom stereocenters. The van der Waals surface area contributed by atoms with Crippen LogP contribution in [0.15, 0.2) is 22.8 Å². The van der Waals surface area contributed by atoms with Gasteiger partial charge in [-0.3, -0.25) is 4.79 Å². The number of hydrogen-bond donors (Lipinski definition) is 1. The summed E-state index contributed by atoms with van der Waals surface area (Å²) in [5.41, 5.74) is 0.474. The number of amides is 1. The first-order valence-corrected chi connectivity index (χ1v) is 7.40. The molecule has 1 aromatic rings. The van der Waals surface area contributed by atoms with Gasteiger partial charge in [0.15, 0.2) is 0 Å². The van der Waals surface area contributed by atoms with Crippen LogP contribution in [0.3, 0.4) is 0 Å². The molecule has 1 N–H and O–H groups in total. The van der Waals surface area contributed by atoms with E-state index in [9.17, 15) is 4.79 Å². The lowest BCUT2D eigenvalue weighted by molar-refractivity contribution is 0.0927. The van der Waals surface area contributed by atoms with Crippen molar-refractivity contribution in [3.63, 3.8) is 0 Å². The van der Waals surface area contributed by atoms with Crippen molar-refractivity contribution in [3.8, 4) is 0 Å². The number of carbonyl (C=O) groups excluding carboxylic acids is 1. The molecule has 0 spiro atoms. The second-order valence-corrected chi connectivity index (χ2v) is 5.26. The van der Waals surface area contributed by atoms with E-state index in [4.69, 9.17) is 0 Å². The number of pyridine rings is 1. The maximum atomic E-state index is 12.1. The Morgan fingerprint density at radius 1 is 1.33 bits per heavy atom. The van der Waals surface area contributed by atoms with E-state index in [0.717, 1.165) is 32.1 Å². The smallest absolute Gasteiger partial charge is 0.270 e. The number of unbranched alkanes of at least 4 members (excludes halogenated alkanes) is 1. The highest BCUT2D eigenvalue weighted by molar-refractivity contribution is 9.10. The molecule has 100 valence electrons. The lowest BCUT2D eigenvalue weighted by Crippen LogP contribution is -2.35. The van der Waals surface area contributed by atoms with E-state index in [2.05, 4.69) is 40.1 Å². The van der Waals surface area contributed by atoms with Crippen LogP contribution in [0, 0.1) is 0 Å². The average Bonchev–Trinajstić information content (AvgIpc) is 2.36. The molecule has 0 aliphatic rings. The Morgan fingerprint density at radius 3 is 2.72 bits per heavy atom. The lowest BCUT2D eigenvalue weighted by atomic mass is 10.1. The van der Waals surface area contributed by atoms with Crippen molar-refractivity contribution in [2.45, 2.75) is 52.0 Å². The highest BCUT2D eigenvalue weighted by Gasteiger charge is 2.13. The van der Waals surface area contributed by atoms with Gasteiger partial charge in [0.25, 0.3) is 5.91 Å². The Morgan fingerprint density at radius 2 is 2.11 bits per heavy atom. The molecule has 1 heterocycles. The molecule has 3 nitrogen and oxygen atoms in total. The number of aromatic nitrogens is 1. The third-order valence-electron chi connectivity index (χ3n) is 2.83. The largest absolute Gasteiger partial charge is 0.348 e. The summed E-state index contributed by atoms with van der Waals surface area (Å²) in [5.74, 6) is -0.0779. The van der Waals surface area contributed by atoms with Gasteiger partial charge in [-0.1, -0.05) is 39.2 Å². The van der Waals surface area contributed by atoms with Crippen LogP contribution in [0.25, 0.3) is 0 Å². The fraction of sp³-hybridized carbons (Fsp3) is 0.571. The number of nitrogens with zero attached hydrogens (tertiary/aromatic N) is 1. The summed E-state index contributed by atoms with van der Waals surface area (Å²) < 4.78 is 0.691. The molecule has 1 rings (SSSR count). The van der Waals surface area contributed by atoms with Crippen LogP contribution in [0.1, 0.15) is 56.4 Å². The van der Waals surface area contributed by atoms with Crippen LogP contribution < -0.4 is 5.32 Å². The van der Waals surface area contributed by atoms with Gasteiger partial charge in [-0.2, -0.15) is 0 Å². The molecule has 1 aromatic heterocycles. The minimum Gasteiger partial charge on any atom is -0.348 e. The number of carbonyl (C=O) groups is 1. The van der Waals surface area contributed by atoms with E-state index < -0.39 is 0 Å². The van der Waals surface area contributed by atoms with Gasteiger partial charge in [-0.25, -0.2) is 4.98 Å². The molecule has 0 aliphatic carbocycles. The number of halogens is 1. The highest BCUT2D eigenvalue weighted by atomic mass is 79.9. The molecular formula is C14H21BrN2O. The zero-order chi connectivity index (χ0) is 13.4. The van der Waals surface area contributed by atoms with E-state index in [1.165, 1.54) is 0 Å². The molecular weight excluding hydrogens is 292 g/mol. The van der Waals surface area contributed by atoms with Gasteiger partial charge in [-0.15, -0.1) is 0 Å². The Balaban J connectivity index is 2.59. The Hall–Kier alpha value is -0.900.